The highest BCUT2D eigenvalue weighted by atomic mass is 35.5. The van der Waals surface area contributed by atoms with E-state index in [1.165, 1.54) is 12.3 Å². The van der Waals surface area contributed by atoms with E-state index in [0.717, 1.165) is 11.8 Å². The molecule has 1 aliphatic heterocycles. The van der Waals surface area contributed by atoms with Gasteiger partial charge in [-0.2, -0.15) is 0 Å². The van der Waals surface area contributed by atoms with Gasteiger partial charge >= 0.3 is 0 Å². The Balaban J connectivity index is 2.06. The molecule has 5 heteroatoms. The molecule has 1 atom stereocenters. The van der Waals surface area contributed by atoms with Gasteiger partial charge in [0.1, 0.15) is 5.82 Å². The van der Waals surface area contributed by atoms with Crippen molar-refractivity contribution in [3.63, 3.8) is 0 Å². The zero-order valence-electron chi connectivity index (χ0n) is 10.8. The van der Waals surface area contributed by atoms with E-state index < -0.39 is 5.82 Å². The third kappa shape index (κ3) is 2.16. The van der Waals surface area contributed by atoms with Gasteiger partial charge in [-0.05, 0) is 37.1 Å². The fourth-order valence-corrected chi connectivity index (χ4v) is 2.78. The quantitative estimate of drug-likeness (QED) is 0.806. The van der Waals surface area contributed by atoms with E-state index in [9.17, 15) is 9.18 Å². The zero-order valence-corrected chi connectivity index (χ0v) is 11.6. The van der Waals surface area contributed by atoms with Crippen LogP contribution in [0.25, 0.3) is 0 Å². The van der Waals surface area contributed by atoms with Gasteiger partial charge in [-0.1, -0.05) is 11.6 Å². The predicted molar refractivity (Wildman–Crippen MR) is 75.6 cm³/mol. The fourth-order valence-electron chi connectivity index (χ4n) is 2.58. The molecule has 0 bridgehead atoms. The van der Waals surface area contributed by atoms with Gasteiger partial charge in [-0.15, -0.1) is 0 Å². The zero-order chi connectivity index (χ0) is 14.3. The van der Waals surface area contributed by atoms with E-state index in [2.05, 4.69) is 4.98 Å². The Morgan fingerprint density at radius 1 is 1.35 bits per heavy atom. The van der Waals surface area contributed by atoms with Gasteiger partial charge in [-0.25, -0.2) is 4.39 Å². The number of anilines is 1. The monoisotopic (exact) mass is 290 g/mol. The Labute approximate surface area is 121 Å². The highest BCUT2D eigenvalue weighted by Gasteiger charge is 2.31. The van der Waals surface area contributed by atoms with Gasteiger partial charge in [-0.3, -0.25) is 9.78 Å². The molecule has 2 aromatic rings. The van der Waals surface area contributed by atoms with Crippen molar-refractivity contribution in [3.8, 4) is 0 Å². The lowest BCUT2D eigenvalue weighted by Crippen LogP contribution is -2.44. The number of pyridine rings is 1. The van der Waals surface area contributed by atoms with Gasteiger partial charge in [0.25, 0.3) is 5.91 Å². The molecular formula is C15H12ClFN2O. The summed E-state index contributed by atoms with van der Waals surface area (Å²) in [6.07, 6.45) is 3.30. The third-order valence-corrected chi connectivity index (χ3v) is 3.68. The molecule has 0 N–H and O–H groups in total. The first-order valence-corrected chi connectivity index (χ1v) is 6.66. The van der Waals surface area contributed by atoms with Crippen LogP contribution in [0.5, 0.6) is 0 Å². The summed E-state index contributed by atoms with van der Waals surface area (Å²) in [5, 5.41) is 0.615. The lowest BCUT2D eigenvalue weighted by molar-refractivity contribution is 0.0969. The number of fused-ring (bicyclic) bond motifs is 1. The molecule has 0 spiro atoms. The molecule has 3 rings (SSSR count). The summed E-state index contributed by atoms with van der Waals surface area (Å²) in [5.74, 6) is -0.604. The van der Waals surface area contributed by atoms with Crippen molar-refractivity contribution in [2.45, 2.75) is 19.4 Å². The smallest absolute Gasteiger partial charge is 0.258 e. The van der Waals surface area contributed by atoms with E-state index in [4.69, 9.17) is 11.6 Å². The number of aromatic nitrogens is 1. The van der Waals surface area contributed by atoms with Gasteiger partial charge < -0.3 is 4.90 Å². The highest BCUT2D eigenvalue weighted by molar-refractivity contribution is 6.30. The Morgan fingerprint density at radius 2 is 2.15 bits per heavy atom. The molecule has 2 heterocycles. The second-order valence-electron chi connectivity index (χ2n) is 4.89. The minimum Gasteiger partial charge on any atom is -0.304 e. The second kappa shape index (κ2) is 4.87. The normalized spacial score (nSPS) is 18.1. The molecule has 1 aromatic carbocycles. The lowest BCUT2D eigenvalue weighted by atomic mass is 9.94. The molecule has 0 radical (unpaired) electrons. The van der Waals surface area contributed by atoms with Crippen molar-refractivity contribution in [1.29, 1.82) is 0 Å². The number of hydrogen-bond donors (Lipinski definition) is 0. The topological polar surface area (TPSA) is 33.2 Å². The molecular weight excluding hydrogens is 279 g/mol. The summed E-state index contributed by atoms with van der Waals surface area (Å²) >= 11 is 5.96. The number of hydrogen-bond acceptors (Lipinski definition) is 2. The number of rotatable bonds is 1. The molecule has 0 fully saturated rings. The molecule has 0 saturated heterocycles. The molecule has 1 amide bonds. The van der Waals surface area contributed by atoms with Gasteiger partial charge in [0.15, 0.2) is 0 Å². The summed E-state index contributed by atoms with van der Waals surface area (Å²) in [7, 11) is 0. The van der Waals surface area contributed by atoms with E-state index >= 15 is 0 Å². The maximum Gasteiger partial charge on any atom is 0.258 e. The van der Waals surface area contributed by atoms with Crippen molar-refractivity contribution in [1.82, 2.24) is 4.98 Å². The van der Waals surface area contributed by atoms with Crippen LogP contribution in [-0.4, -0.2) is 16.9 Å². The maximum atomic E-state index is 13.3. The first kappa shape index (κ1) is 13.1. The van der Waals surface area contributed by atoms with Crippen LogP contribution in [-0.2, 0) is 6.42 Å². The summed E-state index contributed by atoms with van der Waals surface area (Å²) in [6.45, 7) is 1.92. The van der Waals surface area contributed by atoms with E-state index in [1.54, 1.807) is 17.0 Å². The number of carbonyl (C=O) groups is 1. The van der Waals surface area contributed by atoms with Gasteiger partial charge in [0.2, 0.25) is 0 Å². The van der Waals surface area contributed by atoms with Crippen LogP contribution in [0.1, 0.15) is 22.8 Å². The number of nitrogens with zero attached hydrogens (tertiary/aromatic N) is 2. The van der Waals surface area contributed by atoms with Crippen molar-refractivity contribution in [2.24, 2.45) is 0 Å². The minimum atomic E-state index is -0.454. The number of carbonyl (C=O) groups excluding carboxylic acids is 1. The summed E-state index contributed by atoms with van der Waals surface area (Å²) in [4.78, 5) is 18.0. The minimum absolute atomic E-state index is 0.0722. The van der Waals surface area contributed by atoms with Crippen LogP contribution in [0.3, 0.4) is 0 Å². The summed E-state index contributed by atoms with van der Waals surface area (Å²) in [5.41, 5.74) is 2.01. The molecule has 20 heavy (non-hydrogen) atoms. The first-order chi connectivity index (χ1) is 9.56. The van der Waals surface area contributed by atoms with Crippen molar-refractivity contribution >= 4 is 23.2 Å². The Morgan fingerprint density at radius 3 is 2.90 bits per heavy atom. The Hall–Kier alpha value is -1.94. The molecule has 1 unspecified atom stereocenters. The molecule has 1 aromatic heterocycles. The average molecular weight is 291 g/mol. The van der Waals surface area contributed by atoms with Crippen LogP contribution in [0, 0.1) is 5.82 Å². The Bertz CT molecular complexity index is 689. The number of benzene rings is 1. The van der Waals surface area contributed by atoms with Crippen LogP contribution >= 0.6 is 11.6 Å². The molecule has 0 aliphatic carbocycles. The van der Waals surface area contributed by atoms with Crippen LogP contribution in [0.2, 0.25) is 5.02 Å². The van der Waals surface area contributed by atoms with Crippen LogP contribution in [0.4, 0.5) is 10.1 Å². The fraction of sp³-hybridized carbons (Fsp3) is 0.200. The van der Waals surface area contributed by atoms with E-state index in [-0.39, 0.29) is 11.9 Å². The molecule has 3 nitrogen and oxygen atoms in total. The summed E-state index contributed by atoms with van der Waals surface area (Å²) in [6, 6.07) is 6.47. The Kier molecular flexibility index (Phi) is 3.18. The van der Waals surface area contributed by atoms with E-state index in [1.807, 2.05) is 13.0 Å². The standard InChI is InChI=1S/C15H12ClFN2O/c1-9-4-10-5-11(16)2-3-14(10)15(20)19(9)13-6-12(17)7-18-8-13/h2-3,5-9H,4H2,1H3. The molecule has 0 saturated carbocycles. The second-order valence-corrected chi connectivity index (χ2v) is 5.33. The highest BCUT2D eigenvalue weighted by Crippen LogP contribution is 2.29. The average Bonchev–Trinajstić information content (AvgIpc) is 2.38. The third-order valence-electron chi connectivity index (χ3n) is 3.44. The van der Waals surface area contributed by atoms with Crippen molar-refractivity contribution < 1.29 is 9.18 Å². The lowest BCUT2D eigenvalue weighted by Gasteiger charge is -2.34. The largest absolute Gasteiger partial charge is 0.304 e. The van der Waals surface area contributed by atoms with Crippen LogP contribution in [0.15, 0.2) is 36.7 Å². The van der Waals surface area contributed by atoms with Gasteiger partial charge in [0.05, 0.1) is 18.1 Å². The molecule has 1 aliphatic rings. The summed E-state index contributed by atoms with van der Waals surface area (Å²) < 4.78 is 13.3. The first-order valence-electron chi connectivity index (χ1n) is 6.29. The predicted octanol–water partition coefficient (Wildman–Crippen LogP) is 3.47. The van der Waals surface area contributed by atoms with E-state index in [0.29, 0.717) is 22.7 Å². The SMILES string of the molecule is CC1Cc2cc(Cl)ccc2C(=O)N1c1cncc(F)c1. The van der Waals surface area contributed by atoms with Gasteiger partial charge in [0, 0.05) is 22.7 Å². The molecule has 102 valence electrons. The number of halogens is 2. The van der Waals surface area contributed by atoms with Crippen molar-refractivity contribution in [2.75, 3.05) is 4.90 Å². The maximum absolute atomic E-state index is 13.3. The van der Waals surface area contributed by atoms with Crippen molar-refractivity contribution in [3.05, 3.63) is 58.6 Å². The van der Waals surface area contributed by atoms with Crippen LogP contribution < -0.4 is 4.90 Å². The number of amides is 1.